The SMILES string of the molecule is CCC1CCCO1.Cc1ccc2c(c1)C(=O)NC2. The van der Waals surface area contributed by atoms with Gasteiger partial charge in [0, 0.05) is 18.7 Å². The van der Waals surface area contributed by atoms with Gasteiger partial charge in [0.2, 0.25) is 0 Å². The molecular formula is C15H21NO2. The number of rotatable bonds is 1. The van der Waals surface area contributed by atoms with Crippen LogP contribution in [0.15, 0.2) is 18.2 Å². The maximum Gasteiger partial charge on any atom is 0.251 e. The van der Waals surface area contributed by atoms with E-state index in [1.54, 1.807) is 0 Å². The van der Waals surface area contributed by atoms with Gasteiger partial charge in [-0.05, 0) is 37.8 Å². The molecule has 0 aromatic heterocycles. The predicted molar refractivity (Wildman–Crippen MR) is 71.6 cm³/mol. The second-order valence-electron chi connectivity index (χ2n) is 4.89. The van der Waals surface area contributed by atoms with Crippen LogP contribution in [0.2, 0.25) is 0 Å². The van der Waals surface area contributed by atoms with E-state index in [-0.39, 0.29) is 5.91 Å². The summed E-state index contributed by atoms with van der Waals surface area (Å²) in [5, 5.41) is 2.77. The second kappa shape index (κ2) is 6.01. The molecule has 3 heteroatoms. The van der Waals surface area contributed by atoms with Crippen LogP contribution < -0.4 is 5.32 Å². The molecule has 18 heavy (non-hydrogen) atoms. The van der Waals surface area contributed by atoms with E-state index in [1.807, 2.05) is 25.1 Å². The summed E-state index contributed by atoms with van der Waals surface area (Å²) in [5.41, 5.74) is 3.09. The molecule has 3 nitrogen and oxygen atoms in total. The van der Waals surface area contributed by atoms with Gasteiger partial charge in [-0.3, -0.25) is 4.79 Å². The van der Waals surface area contributed by atoms with Gasteiger partial charge in [0.15, 0.2) is 0 Å². The highest BCUT2D eigenvalue weighted by Gasteiger charge is 2.17. The number of amides is 1. The Kier molecular flexibility index (Phi) is 4.37. The quantitative estimate of drug-likeness (QED) is 0.828. The predicted octanol–water partition coefficient (Wildman–Crippen LogP) is 2.81. The topological polar surface area (TPSA) is 38.3 Å². The van der Waals surface area contributed by atoms with Crippen LogP contribution in [0, 0.1) is 6.92 Å². The average Bonchev–Trinajstić information content (AvgIpc) is 3.01. The largest absolute Gasteiger partial charge is 0.378 e. The van der Waals surface area contributed by atoms with Crippen LogP contribution in [0.1, 0.15) is 47.7 Å². The molecule has 3 rings (SSSR count). The van der Waals surface area contributed by atoms with Gasteiger partial charge < -0.3 is 10.1 Å². The highest BCUT2D eigenvalue weighted by atomic mass is 16.5. The normalized spacial score (nSPS) is 21.0. The Balaban J connectivity index is 0.000000149. The molecular weight excluding hydrogens is 226 g/mol. The molecule has 1 N–H and O–H groups in total. The summed E-state index contributed by atoms with van der Waals surface area (Å²) in [5.74, 6) is 0.0590. The number of aryl methyl sites for hydroxylation is 1. The zero-order valence-corrected chi connectivity index (χ0v) is 11.2. The van der Waals surface area contributed by atoms with Crippen LogP contribution in [-0.4, -0.2) is 18.6 Å². The van der Waals surface area contributed by atoms with E-state index in [1.165, 1.54) is 19.3 Å². The number of carbonyl (C=O) groups is 1. The number of benzene rings is 1. The van der Waals surface area contributed by atoms with Crippen molar-refractivity contribution in [3.05, 3.63) is 34.9 Å². The monoisotopic (exact) mass is 247 g/mol. The summed E-state index contributed by atoms with van der Waals surface area (Å²) in [6, 6.07) is 5.96. The molecule has 1 aromatic rings. The van der Waals surface area contributed by atoms with Crippen molar-refractivity contribution >= 4 is 5.91 Å². The maximum atomic E-state index is 11.1. The Hall–Kier alpha value is -1.35. The minimum absolute atomic E-state index is 0.0590. The number of ether oxygens (including phenoxy) is 1. The number of fused-ring (bicyclic) bond motifs is 1. The first-order valence-corrected chi connectivity index (χ1v) is 6.70. The molecule has 1 fully saturated rings. The first-order valence-electron chi connectivity index (χ1n) is 6.70. The molecule has 2 aliphatic heterocycles. The van der Waals surface area contributed by atoms with Crippen molar-refractivity contribution in [1.82, 2.24) is 5.32 Å². The molecule has 1 amide bonds. The molecule has 0 spiro atoms. The number of nitrogens with one attached hydrogen (secondary N) is 1. The van der Waals surface area contributed by atoms with Crippen molar-refractivity contribution in [3.63, 3.8) is 0 Å². The summed E-state index contributed by atoms with van der Waals surface area (Å²) in [6.07, 6.45) is 4.36. The van der Waals surface area contributed by atoms with Crippen LogP contribution in [0.4, 0.5) is 0 Å². The lowest BCUT2D eigenvalue weighted by atomic mass is 10.1. The fourth-order valence-corrected chi connectivity index (χ4v) is 2.29. The van der Waals surface area contributed by atoms with Crippen molar-refractivity contribution in [2.45, 2.75) is 45.8 Å². The number of carbonyl (C=O) groups excluding carboxylic acids is 1. The van der Waals surface area contributed by atoms with Crippen molar-refractivity contribution < 1.29 is 9.53 Å². The lowest BCUT2D eigenvalue weighted by Gasteiger charge is -2.01. The van der Waals surface area contributed by atoms with Crippen LogP contribution in [0.3, 0.4) is 0 Å². The minimum Gasteiger partial charge on any atom is -0.378 e. The molecule has 2 heterocycles. The van der Waals surface area contributed by atoms with E-state index in [9.17, 15) is 4.79 Å². The lowest BCUT2D eigenvalue weighted by Crippen LogP contribution is -2.12. The minimum atomic E-state index is 0.0590. The van der Waals surface area contributed by atoms with Gasteiger partial charge in [-0.1, -0.05) is 24.6 Å². The fraction of sp³-hybridized carbons (Fsp3) is 0.533. The highest BCUT2D eigenvalue weighted by Crippen LogP contribution is 2.16. The van der Waals surface area contributed by atoms with Gasteiger partial charge in [0.25, 0.3) is 5.91 Å². The molecule has 1 unspecified atom stereocenters. The van der Waals surface area contributed by atoms with E-state index in [0.29, 0.717) is 12.6 Å². The highest BCUT2D eigenvalue weighted by molar-refractivity contribution is 5.98. The summed E-state index contributed by atoms with van der Waals surface area (Å²) >= 11 is 0. The van der Waals surface area contributed by atoms with Crippen molar-refractivity contribution in [3.8, 4) is 0 Å². The molecule has 2 aliphatic rings. The third-order valence-electron chi connectivity index (χ3n) is 3.43. The van der Waals surface area contributed by atoms with Crippen LogP contribution >= 0.6 is 0 Å². The third-order valence-corrected chi connectivity index (χ3v) is 3.43. The summed E-state index contributed by atoms with van der Waals surface area (Å²) in [4.78, 5) is 11.1. The third kappa shape index (κ3) is 3.10. The molecule has 0 aliphatic carbocycles. The molecule has 1 atom stereocenters. The van der Waals surface area contributed by atoms with E-state index in [2.05, 4.69) is 12.2 Å². The van der Waals surface area contributed by atoms with Crippen molar-refractivity contribution in [2.24, 2.45) is 0 Å². The Morgan fingerprint density at radius 3 is 2.89 bits per heavy atom. The Labute approximate surface area is 109 Å². The lowest BCUT2D eigenvalue weighted by molar-refractivity contribution is 0.0965. The zero-order chi connectivity index (χ0) is 13.0. The summed E-state index contributed by atoms with van der Waals surface area (Å²) in [7, 11) is 0. The summed E-state index contributed by atoms with van der Waals surface area (Å²) in [6.45, 7) is 5.86. The zero-order valence-electron chi connectivity index (χ0n) is 11.2. The first-order chi connectivity index (χ1) is 8.70. The number of hydrogen-bond acceptors (Lipinski definition) is 2. The molecule has 0 bridgehead atoms. The Bertz CT molecular complexity index is 423. The van der Waals surface area contributed by atoms with Crippen LogP contribution in [-0.2, 0) is 11.3 Å². The maximum absolute atomic E-state index is 11.1. The fourth-order valence-electron chi connectivity index (χ4n) is 2.29. The van der Waals surface area contributed by atoms with Crippen LogP contribution in [0.25, 0.3) is 0 Å². The second-order valence-corrected chi connectivity index (χ2v) is 4.89. The average molecular weight is 247 g/mol. The van der Waals surface area contributed by atoms with Gasteiger partial charge in [0.05, 0.1) is 6.10 Å². The van der Waals surface area contributed by atoms with Gasteiger partial charge >= 0.3 is 0 Å². The standard InChI is InChI=1S/C9H9NO.C6H12O/c1-6-2-3-7-5-10-9(11)8(7)4-6;1-2-6-4-3-5-7-6/h2-4H,5H2,1H3,(H,10,11);6H,2-5H2,1H3. The van der Waals surface area contributed by atoms with E-state index < -0.39 is 0 Å². The van der Waals surface area contributed by atoms with Gasteiger partial charge in [-0.25, -0.2) is 0 Å². The van der Waals surface area contributed by atoms with Crippen molar-refractivity contribution in [1.29, 1.82) is 0 Å². The number of hydrogen-bond donors (Lipinski definition) is 1. The molecule has 1 saturated heterocycles. The Morgan fingerprint density at radius 2 is 2.28 bits per heavy atom. The molecule has 0 radical (unpaired) electrons. The first kappa shape index (κ1) is 13.1. The van der Waals surface area contributed by atoms with Crippen molar-refractivity contribution in [2.75, 3.05) is 6.61 Å². The van der Waals surface area contributed by atoms with E-state index in [4.69, 9.17) is 4.74 Å². The van der Waals surface area contributed by atoms with Crippen LogP contribution in [0.5, 0.6) is 0 Å². The smallest absolute Gasteiger partial charge is 0.251 e. The van der Waals surface area contributed by atoms with E-state index in [0.717, 1.165) is 23.3 Å². The van der Waals surface area contributed by atoms with E-state index >= 15 is 0 Å². The molecule has 0 saturated carbocycles. The van der Waals surface area contributed by atoms with Gasteiger partial charge in [0.1, 0.15) is 0 Å². The molecule has 98 valence electrons. The van der Waals surface area contributed by atoms with Gasteiger partial charge in [-0.2, -0.15) is 0 Å². The summed E-state index contributed by atoms with van der Waals surface area (Å²) < 4.78 is 5.30. The van der Waals surface area contributed by atoms with Gasteiger partial charge in [-0.15, -0.1) is 0 Å². The Morgan fingerprint density at radius 1 is 1.44 bits per heavy atom. The molecule has 1 aromatic carbocycles.